The van der Waals surface area contributed by atoms with Crippen molar-refractivity contribution in [2.24, 2.45) is 0 Å². The van der Waals surface area contributed by atoms with Gasteiger partial charge < -0.3 is 31.1 Å². The lowest BCUT2D eigenvalue weighted by Crippen LogP contribution is -2.30. The van der Waals surface area contributed by atoms with Crippen molar-refractivity contribution in [2.45, 2.75) is 25.8 Å². The molecule has 43 heavy (non-hydrogen) atoms. The molecule has 0 saturated carbocycles. The Kier molecular flexibility index (Phi) is 10.1. The summed E-state index contributed by atoms with van der Waals surface area (Å²) in [4.78, 5) is 49.4. The number of ether oxygens (including phenoxy) is 1. The van der Waals surface area contributed by atoms with E-state index in [2.05, 4.69) is 21.3 Å². The lowest BCUT2D eigenvalue weighted by Gasteiger charge is -2.18. The van der Waals surface area contributed by atoms with Crippen molar-refractivity contribution in [3.8, 4) is 5.75 Å². The van der Waals surface area contributed by atoms with E-state index in [0.29, 0.717) is 39.5 Å². The van der Waals surface area contributed by atoms with Gasteiger partial charge in [0.25, 0.3) is 5.91 Å². The number of hydrogen-bond acceptors (Lipinski definition) is 5. The van der Waals surface area contributed by atoms with Crippen molar-refractivity contribution < 1.29 is 29.0 Å². The Labute approximate surface area is 249 Å². The first-order valence-corrected chi connectivity index (χ1v) is 13.5. The molecule has 5 N–H and O–H groups in total. The molecule has 0 fully saturated rings. The number of carboxylic acid groups (broad SMARTS) is 1. The molecule has 0 unspecified atom stereocenters. The molecule has 0 spiro atoms. The number of methoxy groups -OCH3 is 1. The van der Waals surface area contributed by atoms with Crippen molar-refractivity contribution >= 4 is 40.9 Å². The second-order valence-corrected chi connectivity index (χ2v) is 9.77. The summed E-state index contributed by atoms with van der Waals surface area (Å²) in [5, 5.41) is 20.5. The van der Waals surface area contributed by atoms with E-state index in [1.807, 2.05) is 25.1 Å². The zero-order valence-electron chi connectivity index (χ0n) is 23.7. The number of carboxylic acids is 1. The molecule has 0 aromatic heterocycles. The second kappa shape index (κ2) is 14.3. The molecule has 10 heteroatoms. The van der Waals surface area contributed by atoms with Crippen LogP contribution in [0.1, 0.15) is 39.5 Å². The number of hydrogen-bond donors (Lipinski definition) is 5. The van der Waals surface area contributed by atoms with E-state index in [4.69, 9.17) is 4.74 Å². The van der Waals surface area contributed by atoms with Crippen LogP contribution in [-0.4, -0.2) is 36.0 Å². The minimum Gasteiger partial charge on any atom is -0.495 e. The summed E-state index contributed by atoms with van der Waals surface area (Å²) in [7, 11) is 1.48. The number of rotatable bonds is 11. The van der Waals surface area contributed by atoms with Crippen LogP contribution < -0.4 is 26.0 Å². The number of aryl methyl sites for hydroxylation is 1. The van der Waals surface area contributed by atoms with E-state index in [1.165, 1.54) is 7.11 Å². The molecule has 1 atom stereocenters. The molecule has 0 radical (unpaired) electrons. The lowest BCUT2D eigenvalue weighted by atomic mass is 10.0. The maximum atomic E-state index is 12.8. The maximum Gasteiger partial charge on any atom is 0.323 e. The third-order valence-corrected chi connectivity index (χ3v) is 6.59. The number of nitrogens with one attached hydrogen (secondary N) is 4. The molecule has 0 heterocycles. The summed E-state index contributed by atoms with van der Waals surface area (Å²) in [6.07, 6.45) is -0.257. The van der Waals surface area contributed by atoms with Crippen LogP contribution in [0.15, 0.2) is 97.1 Å². The largest absolute Gasteiger partial charge is 0.495 e. The molecule has 0 bridgehead atoms. The fraction of sp³-hybridized carbons (Fsp3) is 0.152. The molecule has 0 aliphatic rings. The molecular weight excluding hydrogens is 548 g/mol. The van der Waals surface area contributed by atoms with Crippen LogP contribution in [0.3, 0.4) is 0 Å². The quantitative estimate of drug-likeness (QED) is 0.152. The number of carbonyl (C=O) groups excluding carboxylic acids is 3. The molecule has 0 aliphatic heterocycles. The van der Waals surface area contributed by atoms with Gasteiger partial charge in [-0.2, -0.15) is 0 Å². The van der Waals surface area contributed by atoms with Gasteiger partial charge in [0.05, 0.1) is 31.7 Å². The highest BCUT2D eigenvalue weighted by atomic mass is 16.5. The number of benzene rings is 4. The van der Waals surface area contributed by atoms with Crippen LogP contribution in [0.2, 0.25) is 0 Å². The summed E-state index contributed by atoms with van der Waals surface area (Å²) in [5.41, 5.74) is 4.25. The Bertz CT molecular complexity index is 1610. The highest BCUT2D eigenvalue weighted by Crippen LogP contribution is 2.27. The number of amides is 4. The zero-order chi connectivity index (χ0) is 30.8. The summed E-state index contributed by atoms with van der Waals surface area (Å²) in [6, 6.07) is 26.5. The second-order valence-electron chi connectivity index (χ2n) is 9.77. The first-order valence-electron chi connectivity index (χ1n) is 13.5. The van der Waals surface area contributed by atoms with Gasteiger partial charge in [-0.05, 0) is 66.1 Å². The van der Waals surface area contributed by atoms with Crippen LogP contribution in [0.4, 0.5) is 21.9 Å². The molecule has 0 saturated heterocycles. The van der Waals surface area contributed by atoms with Crippen molar-refractivity contribution in [1.82, 2.24) is 5.32 Å². The van der Waals surface area contributed by atoms with Crippen LogP contribution in [0, 0.1) is 6.92 Å². The highest BCUT2D eigenvalue weighted by Gasteiger charge is 2.19. The Morgan fingerprint density at radius 3 is 2.14 bits per heavy atom. The van der Waals surface area contributed by atoms with E-state index < -0.39 is 18.0 Å². The van der Waals surface area contributed by atoms with Gasteiger partial charge in [0.15, 0.2) is 0 Å². The summed E-state index contributed by atoms with van der Waals surface area (Å²) >= 11 is 0. The third kappa shape index (κ3) is 8.67. The Morgan fingerprint density at radius 1 is 0.791 bits per heavy atom. The number of para-hydroxylation sites is 1. The maximum absolute atomic E-state index is 12.8. The van der Waals surface area contributed by atoms with Crippen molar-refractivity contribution in [3.05, 3.63) is 119 Å². The zero-order valence-corrected chi connectivity index (χ0v) is 23.7. The molecule has 10 nitrogen and oxygen atoms in total. The van der Waals surface area contributed by atoms with Crippen LogP contribution >= 0.6 is 0 Å². The van der Waals surface area contributed by atoms with Gasteiger partial charge >= 0.3 is 12.0 Å². The molecule has 0 aliphatic carbocycles. The first kappa shape index (κ1) is 30.3. The summed E-state index contributed by atoms with van der Waals surface area (Å²) in [6.45, 7) is 1.90. The van der Waals surface area contributed by atoms with E-state index in [9.17, 15) is 24.3 Å². The minimum atomic E-state index is -1.06. The molecule has 220 valence electrons. The standard InChI is InChI=1S/C33H32N4O6/c1-21-8-6-7-11-26(21)36-33(42)37-27-17-12-22(18-29(27)43-2)19-30(38)34-25-15-13-23(14-16-25)28(20-31(39)40)35-32(41)24-9-4-3-5-10-24/h3-18,28H,19-20H2,1-2H3,(H,34,38)(H,35,41)(H,39,40)(H2,36,37,42)/t28-/m1/s1. The monoisotopic (exact) mass is 580 g/mol. The molecule has 4 aromatic rings. The predicted octanol–water partition coefficient (Wildman–Crippen LogP) is 5.77. The van der Waals surface area contributed by atoms with E-state index in [1.54, 1.807) is 78.9 Å². The third-order valence-electron chi connectivity index (χ3n) is 6.59. The summed E-state index contributed by atoms with van der Waals surface area (Å²) < 4.78 is 5.43. The average Bonchev–Trinajstić information content (AvgIpc) is 2.99. The van der Waals surface area contributed by atoms with E-state index >= 15 is 0 Å². The van der Waals surface area contributed by atoms with Gasteiger partial charge in [0.2, 0.25) is 5.91 Å². The van der Waals surface area contributed by atoms with E-state index in [0.717, 1.165) is 5.56 Å². The van der Waals surface area contributed by atoms with Crippen LogP contribution in [0.25, 0.3) is 0 Å². The predicted molar refractivity (Wildman–Crippen MR) is 164 cm³/mol. The van der Waals surface area contributed by atoms with Gasteiger partial charge in [-0.15, -0.1) is 0 Å². The SMILES string of the molecule is COc1cc(CC(=O)Nc2ccc([C@@H](CC(=O)O)NC(=O)c3ccccc3)cc2)ccc1NC(=O)Nc1ccccc1C. The van der Waals surface area contributed by atoms with Gasteiger partial charge in [0.1, 0.15) is 5.75 Å². The summed E-state index contributed by atoms with van der Waals surface area (Å²) in [5.74, 6) is -1.32. The van der Waals surface area contributed by atoms with Crippen LogP contribution in [-0.2, 0) is 16.0 Å². The molecule has 4 rings (SSSR count). The van der Waals surface area contributed by atoms with E-state index in [-0.39, 0.29) is 24.7 Å². The number of carbonyl (C=O) groups is 4. The average molecular weight is 581 g/mol. The van der Waals surface area contributed by atoms with Gasteiger partial charge in [-0.25, -0.2) is 4.79 Å². The fourth-order valence-corrected chi connectivity index (χ4v) is 4.39. The van der Waals surface area contributed by atoms with Crippen molar-refractivity contribution in [1.29, 1.82) is 0 Å². The fourth-order valence-electron chi connectivity index (χ4n) is 4.39. The number of urea groups is 1. The van der Waals surface area contributed by atoms with Gasteiger partial charge in [0, 0.05) is 16.9 Å². The first-order chi connectivity index (χ1) is 20.7. The van der Waals surface area contributed by atoms with Crippen molar-refractivity contribution in [3.63, 3.8) is 0 Å². The molecule has 4 aromatic carbocycles. The van der Waals surface area contributed by atoms with Crippen molar-refractivity contribution in [2.75, 3.05) is 23.1 Å². The molecular formula is C33H32N4O6. The Morgan fingerprint density at radius 2 is 1.47 bits per heavy atom. The minimum absolute atomic E-state index is 0.0442. The highest BCUT2D eigenvalue weighted by molar-refractivity contribution is 6.01. The normalized spacial score (nSPS) is 11.1. The van der Waals surface area contributed by atoms with Crippen LogP contribution in [0.5, 0.6) is 5.75 Å². The molecule has 4 amide bonds. The number of aliphatic carboxylic acids is 1. The smallest absolute Gasteiger partial charge is 0.323 e. The topological polar surface area (TPSA) is 146 Å². The van der Waals surface area contributed by atoms with Gasteiger partial charge in [-0.3, -0.25) is 14.4 Å². The lowest BCUT2D eigenvalue weighted by molar-refractivity contribution is -0.137. The van der Waals surface area contributed by atoms with Gasteiger partial charge in [-0.1, -0.05) is 54.6 Å². The Balaban J connectivity index is 1.36. The number of anilines is 3. The Hall–Kier alpha value is -5.64.